The van der Waals surface area contributed by atoms with Crippen molar-refractivity contribution in [1.29, 1.82) is 0 Å². The van der Waals surface area contributed by atoms with Crippen LogP contribution in [0.2, 0.25) is 0 Å². The second kappa shape index (κ2) is 7.59. The van der Waals surface area contributed by atoms with Gasteiger partial charge in [-0.05, 0) is 48.9 Å². The number of fused-ring (bicyclic) bond motifs is 3. The maximum Gasteiger partial charge on any atom is 0.432 e. The molecule has 2 aliphatic heterocycles. The van der Waals surface area contributed by atoms with Gasteiger partial charge in [0.05, 0.1) is 16.9 Å². The summed E-state index contributed by atoms with van der Waals surface area (Å²) in [7, 11) is 2.05. The van der Waals surface area contributed by atoms with E-state index in [-0.39, 0.29) is 5.56 Å². The smallest absolute Gasteiger partial charge is 0.347 e. The number of alkyl halides is 3. The molecule has 3 aromatic rings. The van der Waals surface area contributed by atoms with Crippen molar-refractivity contribution in [2.75, 3.05) is 13.1 Å². The molecule has 3 N–H and O–H groups in total. The highest BCUT2D eigenvalue weighted by Crippen LogP contribution is 2.29. The molecule has 4 heterocycles. The first-order valence-electron chi connectivity index (χ1n) is 10.4. The van der Waals surface area contributed by atoms with E-state index in [4.69, 9.17) is 0 Å². The lowest BCUT2D eigenvalue weighted by Crippen LogP contribution is -2.38. The molecule has 0 unspecified atom stereocenters. The molecule has 2 aliphatic rings. The molecule has 0 saturated heterocycles. The SMILES string of the molecule is Cn1c2c(c3ccc(-n4ccc(C5=CC=C(C(F)(F)F)NN5)cc4=O)cc31)CCNCC2. The summed E-state index contributed by atoms with van der Waals surface area (Å²) >= 11 is 0. The standard InChI is InChI=1S/C23H22F3N5O/c1-30-19-7-10-27-9-6-17(19)16-3-2-15(13-20(16)30)31-11-8-14(12-22(31)32)18-4-5-21(29-28-18)23(24,25)26/h2-5,8,11-13,27-29H,6-7,9-10H2,1H3. The molecular weight excluding hydrogens is 419 g/mol. The zero-order chi connectivity index (χ0) is 22.5. The maximum atomic E-state index is 12.8. The Morgan fingerprint density at radius 3 is 2.53 bits per heavy atom. The predicted molar refractivity (Wildman–Crippen MR) is 117 cm³/mol. The molecule has 166 valence electrons. The molecule has 0 spiro atoms. The summed E-state index contributed by atoms with van der Waals surface area (Å²) in [5.74, 6) is 0. The van der Waals surface area contributed by atoms with Crippen LogP contribution in [0.5, 0.6) is 0 Å². The van der Waals surface area contributed by atoms with Crippen LogP contribution < -0.4 is 21.7 Å². The van der Waals surface area contributed by atoms with Crippen LogP contribution in [0.1, 0.15) is 16.8 Å². The molecule has 0 bridgehead atoms. The van der Waals surface area contributed by atoms with Crippen molar-refractivity contribution in [2.45, 2.75) is 19.0 Å². The summed E-state index contributed by atoms with van der Waals surface area (Å²) < 4.78 is 42.0. The van der Waals surface area contributed by atoms with Crippen LogP contribution in [0.3, 0.4) is 0 Å². The minimum atomic E-state index is -4.47. The van der Waals surface area contributed by atoms with Gasteiger partial charge in [0.1, 0.15) is 5.70 Å². The van der Waals surface area contributed by atoms with E-state index < -0.39 is 11.9 Å². The van der Waals surface area contributed by atoms with Crippen LogP contribution in [0.25, 0.3) is 22.3 Å². The Hall–Kier alpha value is -3.46. The van der Waals surface area contributed by atoms with E-state index >= 15 is 0 Å². The van der Waals surface area contributed by atoms with Crippen LogP contribution >= 0.6 is 0 Å². The molecule has 9 heteroatoms. The Morgan fingerprint density at radius 1 is 1.00 bits per heavy atom. The molecule has 1 aromatic carbocycles. The molecule has 32 heavy (non-hydrogen) atoms. The lowest BCUT2D eigenvalue weighted by Gasteiger charge is -2.21. The highest BCUT2D eigenvalue weighted by Gasteiger charge is 2.34. The molecule has 0 atom stereocenters. The van der Waals surface area contributed by atoms with E-state index in [1.807, 2.05) is 12.1 Å². The number of hydrazine groups is 1. The van der Waals surface area contributed by atoms with Crippen LogP contribution in [0.4, 0.5) is 13.2 Å². The van der Waals surface area contributed by atoms with Crippen LogP contribution in [0, 0.1) is 0 Å². The Balaban J connectivity index is 1.50. The van der Waals surface area contributed by atoms with Gasteiger partial charge in [-0.15, -0.1) is 0 Å². The fourth-order valence-corrected chi connectivity index (χ4v) is 4.43. The maximum absolute atomic E-state index is 12.8. The van der Waals surface area contributed by atoms with Crippen LogP contribution in [0.15, 0.2) is 59.2 Å². The molecule has 0 fully saturated rings. The highest BCUT2D eigenvalue weighted by molar-refractivity contribution is 5.87. The molecular formula is C23H22F3N5O. The molecule has 0 saturated carbocycles. The average molecular weight is 441 g/mol. The molecule has 6 nitrogen and oxygen atoms in total. The fourth-order valence-electron chi connectivity index (χ4n) is 4.43. The lowest BCUT2D eigenvalue weighted by molar-refractivity contribution is -0.0977. The predicted octanol–water partition coefficient (Wildman–Crippen LogP) is 2.91. The Labute approximate surface area is 182 Å². The summed E-state index contributed by atoms with van der Waals surface area (Å²) in [6.07, 6.45) is 1.36. The van der Waals surface area contributed by atoms with Crippen molar-refractivity contribution < 1.29 is 13.2 Å². The number of nitrogens with one attached hydrogen (secondary N) is 3. The Kier molecular flexibility index (Phi) is 4.85. The summed E-state index contributed by atoms with van der Waals surface area (Å²) in [5, 5.41) is 4.63. The first-order chi connectivity index (χ1) is 15.3. The monoisotopic (exact) mass is 441 g/mol. The normalized spacial score (nSPS) is 16.5. The average Bonchev–Trinajstić information content (AvgIpc) is 2.93. The zero-order valence-corrected chi connectivity index (χ0v) is 17.4. The minimum absolute atomic E-state index is 0.268. The number of aromatic nitrogens is 2. The lowest BCUT2D eigenvalue weighted by atomic mass is 10.1. The van der Waals surface area contributed by atoms with Gasteiger partial charge in [-0.1, -0.05) is 6.07 Å². The zero-order valence-electron chi connectivity index (χ0n) is 17.4. The molecule has 2 aromatic heterocycles. The van der Waals surface area contributed by atoms with E-state index in [1.165, 1.54) is 33.4 Å². The van der Waals surface area contributed by atoms with E-state index in [0.29, 0.717) is 11.3 Å². The van der Waals surface area contributed by atoms with Crippen molar-refractivity contribution in [1.82, 2.24) is 25.3 Å². The van der Waals surface area contributed by atoms with Crippen molar-refractivity contribution >= 4 is 16.6 Å². The van der Waals surface area contributed by atoms with Gasteiger partial charge >= 0.3 is 6.18 Å². The highest BCUT2D eigenvalue weighted by atomic mass is 19.4. The van der Waals surface area contributed by atoms with E-state index in [1.54, 1.807) is 12.3 Å². The number of benzene rings is 1. The van der Waals surface area contributed by atoms with Crippen molar-refractivity contribution in [3.63, 3.8) is 0 Å². The third-order valence-corrected chi connectivity index (χ3v) is 6.07. The number of nitrogens with zero attached hydrogens (tertiary/aromatic N) is 2. The van der Waals surface area contributed by atoms with Gasteiger partial charge in [-0.2, -0.15) is 13.2 Å². The van der Waals surface area contributed by atoms with E-state index in [9.17, 15) is 18.0 Å². The van der Waals surface area contributed by atoms with Crippen LogP contribution in [-0.2, 0) is 19.9 Å². The van der Waals surface area contributed by atoms with E-state index in [0.717, 1.165) is 43.2 Å². The summed E-state index contributed by atoms with van der Waals surface area (Å²) in [6, 6.07) is 9.11. The van der Waals surface area contributed by atoms with Gasteiger partial charge < -0.3 is 15.3 Å². The van der Waals surface area contributed by atoms with Gasteiger partial charge in [0.25, 0.3) is 5.56 Å². The second-order valence-corrected chi connectivity index (χ2v) is 7.97. The second-order valence-electron chi connectivity index (χ2n) is 7.97. The fraction of sp³-hybridized carbons (Fsp3) is 0.261. The third-order valence-electron chi connectivity index (χ3n) is 6.07. The van der Waals surface area contributed by atoms with Crippen molar-refractivity contribution in [3.05, 3.63) is 81.6 Å². The van der Waals surface area contributed by atoms with Gasteiger partial charge in [0.15, 0.2) is 0 Å². The van der Waals surface area contributed by atoms with Crippen LogP contribution in [-0.4, -0.2) is 28.4 Å². The number of allylic oxidation sites excluding steroid dienone is 3. The van der Waals surface area contributed by atoms with Crippen molar-refractivity contribution in [3.8, 4) is 5.69 Å². The summed E-state index contributed by atoms with van der Waals surface area (Å²) in [6.45, 7) is 1.90. The Bertz CT molecular complexity index is 1330. The third kappa shape index (κ3) is 3.48. The van der Waals surface area contributed by atoms with Gasteiger partial charge in [-0.3, -0.25) is 14.8 Å². The first-order valence-corrected chi connectivity index (χ1v) is 10.4. The molecule has 0 amide bonds. The largest absolute Gasteiger partial charge is 0.432 e. The van der Waals surface area contributed by atoms with Gasteiger partial charge in [-0.25, -0.2) is 0 Å². The number of pyridine rings is 1. The number of halogens is 3. The number of hydrogen-bond donors (Lipinski definition) is 3. The number of hydrogen-bond acceptors (Lipinski definition) is 4. The first kappa shape index (κ1) is 20.4. The Morgan fingerprint density at radius 2 is 1.81 bits per heavy atom. The molecule has 0 aliphatic carbocycles. The number of aryl methyl sites for hydroxylation is 1. The number of rotatable bonds is 2. The minimum Gasteiger partial charge on any atom is -0.347 e. The summed E-state index contributed by atoms with van der Waals surface area (Å²) in [4.78, 5) is 12.8. The molecule has 5 rings (SSSR count). The van der Waals surface area contributed by atoms with Gasteiger partial charge in [0, 0.05) is 48.9 Å². The van der Waals surface area contributed by atoms with Gasteiger partial charge in [0.2, 0.25) is 0 Å². The van der Waals surface area contributed by atoms with Crippen molar-refractivity contribution in [2.24, 2.45) is 7.05 Å². The quantitative estimate of drug-likeness (QED) is 0.573. The molecule has 0 radical (unpaired) electrons. The topological polar surface area (TPSA) is 63.0 Å². The van der Waals surface area contributed by atoms with E-state index in [2.05, 4.69) is 33.8 Å². The summed E-state index contributed by atoms with van der Waals surface area (Å²) in [5.41, 5.74) is 8.86.